The van der Waals surface area contributed by atoms with Crippen LogP contribution < -0.4 is 0 Å². The molecule has 0 spiro atoms. The van der Waals surface area contributed by atoms with E-state index in [1.54, 1.807) is 4.90 Å². The summed E-state index contributed by atoms with van der Waals surface area (Å²) >= 11 is 4.90. The van der Waals surface area contributed by atoms with Gasteiger partial charge in [0, 0.05) is 10.5 Å². The van der Waals surface area contributed by atoms with Crippen LogP contribution in [0.2, 0.25) is 0 Å². The van der Waals surface area contributed by atoms with Gasteiger partial charge < -0.3 is 0 Å². The molecule has 1 amide bonds. The van der Waals surface area contributed by atoms with Gasteiger partial charge in [-0.15, -0.1) is 0 Å². The van der Waals surface area contributed by atoms with E-state index in [-0.39, 0.29) is 11.9 Å². The Morgan fingerprint density at radius 3 is 2.52 bits per heavy atom. The maximum absolute atomic E-state index is 12.8. The average Bonchev–Trinajstić information content (AvgIpc) is 2.85. The molecule has 0 atom stereocenters. The second kappa shape index (κ2) is 7.58. The fourth-order valence-corrected chi connectivity index (χ4v) is 4.03. The number of amides is 1. The van der Waals surface area contributed by atoms with Crippen LogP contribution in [0.25, 0.3) is 6.08 Å². The van der Waals surface area contributed by atoms with Gasteiger partial charge in [0.1, 0.15) is 0 Å². The number of carbonyl (C=O) groups is 1. The fourth-order valence-electron chi connectivity index (χ4n) is 2.50. The molecule has 1 fully saturated rings. The molecule has 3 nitrogen and oxygen atoms in total. The first-order valence-corrected chi connectivity index (χ1v) is 9.69. The molecule has 2 aromatic carbocycles. The Balaban J connectivity index is 1.96. The molecule has 1 aliphatic rings. The van der Waals surface area contributed by atoms with Crippen LogP contribution in [-0.2, 0) is 4.79 Å². The molecule has 0 aromatic heterocycles. The lowest BCUT2D eigenvalue weighted by Gasteiger charge is -2.19. The molecule has 0 saturated carbocycles. The van der Waals surface area contributed by atoms with Gasteiger partial charge in [0.25, 0.3) is 5.91 Å². The van der Waals surface area contributed by atoms with Crippen LogP contribution >= 0.6 is 27.7 Å². The summed E-state index contributed by atoms with van der Waals surface area (Å²) in [5, 5.41) is 0.727. The Hall–Kier alpha value is -1.85. The largest absolute Gasteiger partial charge is 0.284 e. The second-order valence-electron chi connectivity index (χ2n) is 6.16. The van der Waals surface area contributed by atoms with E-state index in [4.69, 9.17) is 4.99 Å². The van der Waals surface area contributed by atoms with Crippen molar-refractivity contribution in [1.29, 1.82) is 0 Å². The lowest BCUT2D eigenvalue weighted by molar-refractivity contribution is -0.123. The SMILES string of the molecule is Cc1ccc(N=C2S/C(=C/c3cccc(Br)c3)C(=O)N2C(C)C)cc1. The van der Waals surface area contributed by atoms with E-state index in [0.29, 0.717) is 4.91 Å². The molecule has 0 aliphatic carbocycles. The number of amidine groups is 1. The standard InChI is InChI=1S/C20H19BrN2OS/c1-13(2)23-19(24)18(12-15-5-4-6-16(21)11-15)25-20(23)22-17-9-7-14(3)8-10-17/h4-13H,1-3H3/b18-12+,22-20?. The lowest BCUT2D eigenvalue weighted by Crippen LogP contribution is -2.35. The maximum atomic E-state index is 12.8. The van der Waals surface area contributed by atoms with E-state index in [1.165, 1.54) is 17.3 Å². The van der Waals surface area contributed by atoms with Crippen LogP contribution in [0.5, 0.6) is 0 Å². The molecule has 0 unspecified atom stereocenters. The minimum atomic E-state index is 0.00540. The first-order chi connectivity index (χ1) is 11.9. The van der Waals surface area contributed by atoms with Gasteiger partial charge in [-0.2, -0.15) is 0 Å². The highest BCUT2D eigenvalue weighted by Gasteiger charge is 2.35. The quantitative estimate of drug-likeness (QED) is 0.597. The summed E-state index contributed by atoms with van der Waals surface area (Å²) < 4.78 is 0.992. The zero-order valence-corrected chi connectivity index (χ0v) is 16.8. The molecule has 0 radical (unpaired) electrons. The Kier molecular flexibility index (Phi) is 5.45. The van der Waals surface area contributed by atoms with Crippen molar-refractivity contribution >= 4 is 50.5 Å². The summed E-state index contributed by atoms with van der Waals surface area (Å²) in [5.41, 5.74) is 3.04. The van der Waals surface area contributed by atoms with Gasteiger partial charge >= 0.3 is 0 Å². The maximum Gasteiger partial charge on any atom is 0.266 e. The Morgan fingerprint density at radius 2 is 1.88 bits per heavy atom. The minimum absolute atomic E-state index is 0.00540. The zero-order valence-electron chi connectivity index (χ0n) is 14.4. The van der Waals surface area contributed by atoms with Gasteiger partial charge in [-0.25, -0.2) is 4.99 Å². The molecule has 1 aliphatic heterocycles. The van der Waals surface area contributed by atoms with E-state index >= 15 is 0 Å². The third-order valence-electron chi connectivity index (χ3n) is 3.76. The number of hydrogen-bond acceptors (Lipinski definition) is 3. The summed E-state index contributed by atoms with van der Waals surface area (Å²) in [6.45, 7) is 6.06. The van der Waals surface area contributed by atoms with Crippen molar-refractivity contribution in [3.05, 3.63) is 69.0 Å². The van der Waals surface area contributed by atoms with Crippen molar-refractivity contribution in [2.75, 3.05) is 0 Å². The summed E-state index contributed by atoms with van der Waals surface area (Å²) in [5.74, 6) is 0.00540. The second-order valence-corrected chi connectivity index (χ2v) is 8.09. The van der Waals surface area contributed by atoms with Gasteiger partial charge in [0.2, 0.25) is 0 Å². The highest BCUT2D eigenvalue weighted by atomic mass is 79.9. The third-order valence-corrected chi connectivity index (χ3v) is 5.23. The summed E-state index contributed by atoms with van der Waals surface area (Å²) in [4.78, 5) is 20.0. The Morgan fingerprint density at radius 1 is 1.16 bits per heavy atom. The molecule has 1 saturated heterocycles. The predicted molar refractivity (Wildman–Crippen MR) is 110 cm³/mol. The monoisotopic (exact) mass is 414 g/mol. The normalized spacial score (nSPS) is 18.0. The zero-order chi connectivity index (χ0) is 18.0. The van der Waals surface area contributed by atoms with Crippen LogP contribution in [0.4, 0.5) is 5.69 Å². The van der Waals surface area contributed by atoms with Crippen molar-refractivity contribution in [3.63, 3.8) is 0 Å². The van der Waals surface area contributed by atoms with E-state index in [0.717, 1.165) is 20.9 Å². The van der Waals surface area contributed by atoms with E-state index in [2.05, 4.69) is 15.9 Å². The van der Waals surface area contributed by atoms with E-state index in [9.17, 15) is 4.79 Å². The molecule has 25 heavy (non-hydrogen) atoms. The van der Waals surface area contributed by atoms with Crippen LogP contribution in [0.15, 0.2) is 62.9 Å². The molecule has 5 heteroatoms. The average molecular weight is 415 g/mol. The summed E-state index contributed by atoms with van der Waals surface area (Å²) in [6, 6.07) is 16.0. The molecule has 3 rings (SSSR count). The van der Waals surface area contributed by atoms with Gasteiger partial charge in [-0.3, -0.25) is 9.69 Å². The van der Waals surface area contributed by atoms with Crippen molar-refractivity contribution in [2.24, 2.45) is 4.99 Å². The number of hydrogen-bond donors (Lipinski definition) is 0. The molecular weight excluding hydrogens is 396 g/mol. The van der Waals surface area contributed by atoms with Crippen molar-refractivity contribution in [3.8, 4) is 0 Å². The van der Waals surface area contributed by atoms with Crippen molar-refractivity contribution in [1.82, 2.24) is 4.90 Å². The topological polar surface area (TPSA) is 32.7 Å². The van der Waals surface area contributed by atoms with Gasteiger partial charge in [-0.1, -0.05) is 45.8 Å². The summed E-state index contributed by atoms with van der Waals surface area (Å²) in [7, 11) is 0. The van der Waals surface area contributed by atoms with Crippen LogP contribution in [0.1, 0.15) is 25.0 Å². The summed E-state index contributed by atoms with van der Waals surface area (Å²) in [6.07, 6.45) is 1.92. The van der Waals surface area contributed by atoms with Crippen molar-refractivity contribution < 1.29 is 4.79 Å². The number of halogens is 1. The highest BCUT2D eigenvalue weighted by Crippen LogP contribution is 2.35. The first-order valence-electron chi connectivity index (χ1n) is 8.08. The number of carbonyl (C=O) groups excluding carboxylic acids is 1. The first kappa shape index (κ1) is 18.0. The Labute approximate surface area is 161 Å². The van der Waals surface area contributed by atoms with E-state index in [1.807, 2.05) is 75.4 Å². The number of nitrogens with zero attached hydrogens (tertiary/aromatic N) is 2. The lowest BCUT2D eigenvalue weighted by atomic mass is 10.2. The number of aryl methyl sites for hydroxylation is 1. The highest BCUT2D eigenvalue weighted by molar-refractivity contribution is 9.10. The van der Waals surface area contributed by atoms with Crippen LogP contribution in [0.3, 0.4) is 0 Å². The molecule has 1 heterocycles. The molecular formula is C20H19BrN2OS. The molecule has 0 bridgehead atoms. The molecule has 128 valence electrons. The number of rotatable bonds is 3. The third kappa shape index (κ3) is 4.22. The smallest absolute Gasteiger partial charge is 0.266 e. The minimum Gasteiger partial charge on any atom is -0.284 e. The van der Waals surface area contributed by atoms with E-state index < -0.39 is 0 Å². The van der Waals surface area contributed by atoms with Crippen molar-refractivity contribution in [2.45, 2.75) is 26.8 Å². The Bertz CT molecular complexity index is 856. The predicted octanol–water partition coefficient (Wildman–Crippen LogP) is 5.77. The van der Waals surface area contributed by atoms with Gasteiger partial charge in [0.05, 0.1) is 10.6 Å². The number of aliphatic imine (C=N–C) groups is 1. The fraction of sp³-hybridized carbons (Fsp3) is 0.200. The van der Waals surface area contributed by atoms with Gasteiger partial charge in [0.15, 0.2) is 5.17 Å². The number of thioether (sulfide) groups is 1. The van der Waals surface area contributed by atoms with Crippen LogP contribution in [0, 0.1) is 6.92 Å². The van der Waals surface area contributed by atoms with Gasteiger partial charge in [-0.05, 0) is 68.4 Å². The number of benzene rings is 2. The molecule has 0 N–H and O–H groups in total. The molecule has 2 aromatic rings. The van der Waals surface area contributed by atoms with Crippen LogP contribution in [-0.4, -0.2) is 22.0 Å².